The van der Waals surface area contributed by atoms with E-state index in [4.69, 9.17) is 4.42 Å². The first kappa shape index (κ1) is 14.6. The first-order valence-electron chi connectivity index (χ1n) is 7.11. The lowest BCUT2D eigenvalue weighted by Crippen LogP contribution is -2.31. The van der Waals surface area contributed by atoms with E-state index in [1.54, 1.807) is 0 Å². The lowest BCUT2D eigenvalue weighted by molar-refractivity contribution is -0.118. The van der Waals surface area contributed by atoms with Gasteiger partial charge in [-0.1, -0.05) is 25.1 Å². The Balaban J connectivity index is 2.09. The molecule has 1 atom stereocenters. The molecule has 0 spiro atoms. The Bertz CT molecular complexity index is 589. The summed E-state index contributed by atoms with van der Waals surface area (Å²) in [7, 11) is 0. The van der Waals surface area contributed by atoms with Gasteiger partial charge in [0.1, 0.15) is 11.3 Å². The molecule has 1 amide bonds. The van der Waals surface area contributed by atoms with Crippen LogP contribution in [0.1, 0.15) is 38.1 Å². The summed E-state index contributed by atoms with van der Waals surface area (Å²) < 4.78 is 5.98. The Morgan fingerprint density at radius 3 is 2.75 bits per heavy atom. The van der Waals surface area contributed by atoms with E-state index < -0.39 is 0 Å². The minimum atomic E-state index is -0.00237. The molecule has 108 valence electrons. The fraction of sp³-hybridized carbons (Fsp3) is 0.438. The zero-order chi connectivity index (χ0) is 14.5. The number of para-hydroxylation sites is 1. The predicted octanol–water partition coefficient (Wildman–Crippen LogP) is 2.78. The number of carbonyl (C=O) groups excluding carboxylic acids is 1. The van der Waals surface area contributed by atoms with Gasteiger partial charge in [-0.3, -0.25) is 4.79 Å². The number of fused-ring (bicyclic) bond motifs is 1. The molecule has 0 saturated carbocycles. The van der Waals surface area contributed by atoms with Crippen molar-refractivity contribution < 1.29 is 9.21 Å². The molecule has 0 aliphatic rings. The van der Waals surface area contributed by atoms with Gasteiger partial charge in [0, 0.05) is 31.0 Å². The van der Waals surface area contributed by atoms with Crippen molar-refractivity contribution in [2.45, 2.75) is 33.2 Å². The van der Waals surface area contributed by atoms with Crippen LogP contribution in [0.25, 0.3) is 11.0 Å². The molecule has 0 radical (unpaired) electrons. The summed E-state index contributed by atoms with van der Waals surface area (Å²) >= 11 is 0. The van der Waals surface area contributed by atoms with Crippen molar-refractivity contribution in [1.29, 1.82) is 0 Å². The van der Waals surface area contributed by atoms with Crippen LogP contribution < -0.4 is 10.6 Å². The van der Waals surface area contributed by atoms with E-state index in [-0.39, 0.29) is 11.9 Å². The molecule has 0 fully saturated rings. The quantitative estimate of drug-likeness (QED) is 0.796. The van der Waals surface area contributed by atoms with Crippen molar-refractivity contribution in [2.24, 2.45) is 0 Å². The summed E-state index contributed by atoms with van der Waals surface area (Å²) in [5.41, 5.74) is 2.20. The van der Waals surface area contributed by atoms with Crippen LogP contribution in [-0.2, 0) is 11.2 Å². The molecule has 4 nitrogen and oxygen atoms in total. The van der Waals surface area contributed by atoms with Crippen molar-refractivity contribution in [2.75, 3.05) is 13.1 Å². The zero-order valence-electron chi connectivity index (χ0n) is 12.3. The Hall–Kier alpha value is -1.81. The summed E-state index contributed by atoms with van der Waals surface area (Å²) in [6, 6.07) is 8.26. The van der Waals surface area contributed by atoms with E-state index in [9.17, 15) is 4.79 Å². The fourth-order valence-electron chi connectivity index (χ4n) is 2.45. The number of rotatable bonds is 6. The smallest absolute Gasteiger partial charge is 0.216 e. The lowest BCUT2D eigenvalue weighted by Gasteiger charge is -2.13. The second kappa shape index (κ2) is 6.57. The number of aryl methyl sites for hydroxylation is 1. The van der Waals surface area contributed by atoms with Crippen LogP contribution in [0.3, 0.4) is 0 Å². The second-order valence-corrected chi connectivity index (χ2v) is 4.95. The van der Waals surface area contributed by atoms with Gasteiger partial charge in [-0.05, 0) is 19.4 Å². The minimum absolute atomic E-state index is 0.00237. The Morgan fingerprint density at radius 2 is 2.05 bits per heavy atom. The van der Waals surface area contributed by atoms with Crippen molar-refractivity contribution in [3.8, 4) is 0 Å². The van der Waals surface area contributed by atoms with Crippen LogP contribution >= 0.6 is 0 Å². The number of furan rings is 1. The minimum Gasteiger partial charge on any atom is -0.459 e. The SMILES string of the molecule is CCc1c(C(C)NCCNC(C)=O)oc2ccccc12. The number of nitrogens with one attached hydrogen (secondary N) is 2. The first-order chi connectivity index (χ1) is 9.63. The van der Waals surface area contributed by atoms with Gasteiger partial charge >= 0.3 is 0 Å². The highest BCUT2D eigenvalue weighted by Gasteiger charge is 2.17. The average Bonchev–Trinajstić information content (AvgIpc) is 2.81. The van der Waals surface area contributed by atoms with Crippen LogP contribution in [-0.4, -0.2) is 19.0 Å². The molecular formula is C16H22N2O2. The van der Waals surface area contributed by atoms with Crippen LogP contribution in [0, 0.1) is 0 Å². The van der Waals surface area contributed by atoms with Crippen LogP contribution in [0.4, 0.5) is 0 Å². The Morgan fingerprint density at radius 1 is 1.30 bits per heavy atom. The maximum atomic E-state index is 10.8. The number of amides is 1. The summed E-state index contributed by atoms with van der Waals surface area (Å²) in [6.07, 6.45) is 0.948. The summed E-state index contributed by atoms with van der Waals surface area (Å²) in [5, 5.41) is 7.35. The van der Waals surface area contributed by atoms with E-state index in [2.05, 4.69) is 30.5 Å². The highest BCUT2D eigenvalue weighted by molar-refractivity contribution is 5.82. The summed E-state index contributed by atoms with van der Waals surface area (Å²) in [5.74, 6) is 0.994. The van der Waals surface area contributed by atoms with Crippen molar-refractivity contribution in [3.05, 3.63) is 35.6 Å². The van der Waals surface area contributed by atoms with Gasteiger partial charge in [0.2, 0.25) is 5.91 Å². The van der Waals surface area contributed by atoms with Gasteiger partial charge in [-0.2, -0.15) is 0 Å². The molecular weight excluding hydrogens is 252 g/mol. The predicted molar refractivity (Wildman–Crippen MR) is 80.7 cm³/mol. The van der Waals surface area contributed by atoms with Gasteiger partial charge < -0.3 is 15.1 Å². The summed E-state index contributed by atoms with van der Waals surface area (Å²) in [4.78, 5) is 10.8. The van der Waals surface area contributed by atoms with Gasteiger partial charge in [0.25, 0.3) is 0 Å². The van der Waals surface area contributed by atoms with Gasteiger partial charge in [0.05, 0.1) is 6.04 Å². The summed E-state index contributed by atoms with van der Waals surface area (Å²) in [6.45, 7) is 7.11. The van der Waals surface area contributed by atoms with E-state index in [0.29, 0.717) is 6.54 Å². The van der Waals surface area contributed by atoms with E-state index in [1.165, 1.54) is 17.9 Å². The molecule has 1 heterocycles. The molecule has 0 saturated heterocycles. The zero-order valence-corrected chi connectivity index (χ0v) is 12.3. The molecule has 20 heavy (non-hydrogen) atoms. The molecule has 1 aromatic carbocycles. The monoisotopic (exact) mass is 274 g/mol. The molecule has 1 aromatic heterocycles. The molecule has 2 aromatic rings. The largest absolute Gasteiger partial charge is 0.459 e. The first-order valence-corrected chi connectivity index (χ1v) is 7.11. The molecule has 2 N–H and O–H groups in total. The molecule has 2 rings (SSSR count). The molecule has 0 aliphatic carbocycles. The van der Waals surface area contributed by atoms with E-state index >= 15 is 0 Å². The maximum Gasteiger partial charge on any atom is 0.216 e. The third-order valence-electron chi connectivity index (χ3n) is 3.43. The number of carbonyl (C=O) groups is 1. The number of benzene rings is 1. The van der Waals surface area contributed by atoms with E-state index in [1.807, 2.05) is 18.2 Å². The van der Waals surface area contributed by atoms with Gasteiger partial charge in [-0.25, -0.2) is 0 Å². The molecule has 0 aliphatic heterocycles. The van der Waals surface area contributed by atoms with Crippen LogP contribution in [0.15, 0.2) is 28.7 Å². The van der Waals surface area contributed by atoms with Crippen molar-refractivity contribution >= 4 is 16.9 Å². The van der Waals surface area contributed by atoms with Gasteiger partial charge in [0.15, 0.2) is 0 Å². The topological polar surface area (TPSA) is 54.3 Å². The average molecular weight is 274 g/mol. The Labute approximate surface area is 119 Å². The number of hydrogen-bond acceptors (Lipinski definition) is 3. The lowest BCUT2D eigenvalue weighted by atomic mass is 10.1. The molecule has 0 bridgehead atoms. The van der Waals surface area contributed by atoms with Crippen LogP contribution in [0.2, 0.25) is 0 Å². The maximum absolute atomic E-state index is 10.8. The molecule has 4 heteroatoms. The third-order valence-corrected chi connectivity index (χ3v) is 3.43. The standard InChI is InChI=1S/C16H22N2O2/c1-4-13-14-7-5-6-8-15(14)20-16(13)11(2)17-9-10-18-12(3)19/h5-8,11,17H,4,9-10H2,1-3H3,(H,18,19). The molecule has 1 unspecified atom stereocenters. The normalized spacial score (nSPS) is 12.6. The van der Waals surface area contributed by atoms with Crippen LogP contribution in [0.5, 0.6) is 0 Å². The second-order valence-electron chi connectivity index (χ2n) is 4.95. The van der Waals surface area contributed by atoms with E-state index in [0.717, 1.165) is 24.3 Å². The van der Waals surface area contributed by atoms with Gasteiger partial charge in [-0.15, -0.1) is 0 Å². The van der Waals surface area contributed by atoms with Crippen molar-refractivity contribution in [3.63, 3.8) is 0 Å². The fourth-order valence-corrected chi connectivity index (χ4v) is 2.45. The highest BCUT2D eigenvalue weighted by atomic mass is 16.3. The third kappa shape index (κ3) is 3.20. The number of hydrogen-bond donors (Lipinski definition) is 2. The van der Waals surface area contributed by atoms with Crippen molar-refractivity contribution in [1.82, 2.24) is 10.6 Å². The highest BCUT2D eigenvalue weighted by Crippen LogP contribution is 2.30. The Kier molecular flexibility index (Phi) is 4.79.